The van der Waals surface area contributed by atoms with E-state index in [4.69, 9.17) is 4.74 Å². The Morgan fingerprint density at radius 3 is 2.53 bits per heavy atom. The van der Waals surface area contributed by atoms with E-state index in [2.05, 4.69) is 15.3 Å². The number of aromatic nitrogens is 4. The van der Waals surface area contributed by atoms with E-state index in [9.17, 15) is 14.9 Å². The lowest BCUT2D eigenvalue weighted by atomic mass is 10.2. The summed E-state index contributed by atoms with van der Waals surface area (Å²) in [7, 11) is 7.20. The number of hydrogen-bond donors (Lipinski definition) is 1. The number of anilines is 3. The van der Waals surface area contributed by atoms with Crippen LogP contribution in [0.4, 0.5) is 23.0 Å². The monoisotopic (exact) mass is 518 g/mol. The van der Waals surface area contributed by atoms with Crippen molar-refractivity contribution in [2.45, 2.75) is 18.9 Å². The molecule has 38 heavy (non-hydrogen) atoms. The van der Waals surface area contributed by atoms with Crippen LogP contribution in [0.25, 0.3) is 16.9 Å². The van der Waals surface area contributed by atoms with Crippen LogP contribution in [0.1, 0.15) is 18.9 Å². The van der Waals surface area contributed by atoms with Crippen LogP contribution in [0.15, 0.2) is 53.5 Å². The summed E-state index contributed by atoms with van der Waals surface area (Å²) in [6, 6.07) is 12.5. The molecule has 0 atom stereocenters. The summed E-state index contributed by atoms with van der Waals surface area (Å²) in [5.41, 5.74) is 2.17. The second-order valence-corrected chi connectivity index (χ2v) is 9.59. The van der Waals surface area contributed by atoms with Crippen molar-refractivity contribution in [1.29, 1.82) is 0 Å². The second-order valence-electron chi connectivity index (χ2n) is 9.59. The molecular formula is C26H30N8O4. The summed E-state index contributed by atoms with van der Waals surface area (Å²) in [5.74, 6) is 0.981. The van der Waals surface area contributed by atoms with Gasteiger partial charge in [0, 0.05) is 50.6 Å². The number of fused-ring (bicyclic) bond motifs is 1. The quantitative estimate of drug-likeness (QED) is 0.248. The Hall–Kier alpha value is -4.45. The normalized spacial score (nSPS) is 13.2. The number of likely N-dealkylation sites (N-methyl/N-ethyl adjacent to an activating group) is 2. The molecule has 4 aromatic rings. The lowest BCUT2D eigenvalue weighted by Crippen LogP contribution is -2.29. The van der Waals surface area contributed by atoms with Gasteiger partial charge in [-0.3, -0.25) is 14.7 Å². The van der Waals surface area contributed by atoms with E-state index >= 15 is 0 Å². The Morgan fingerprint density at radius 2 is 1.87 bits per heavy atom. The highest BCUT2D eigenvalue weighted by atomic mass is 16.6. The average molecular weight is 519 g/mol. The lowest BCUT2D eigenvalue weighted by molar-refractivity contribution is -0.384. The van der Waals surface area contributed by atoms with Crippen molar-refractivity contribution in [2.75, 3.05) is 51.6 Å². The fourth-order valence-electron chi connectivity index (χ4n) is 4.48. The molecule has 12 heteroatoms. The van der Waals surface area contributed by atoms with E-state index in [1.54, 1.807) is 29.9 Å². The van der Waals surface area contributed by atoms with Crippen molar-refractivity contribution in [1.82, 2.24) is 24.0 Å². The minimum absolute atomic E-state index is 0.0746. The number of nitrogens with zero attached hydrogens (tertiary/aromatic N) is 7. The number of methoxy groups -OCH3 is 1. The number of nitrogens with one attached hydrogen (secondary N) is 1. The van der Waals surface area contributed by atoms with E-state index in [-0.39, 0.29) is 23.4 Å². The van der Waals surface area contributed by atoms with E-state index in [1.807, 2.05) is 52.7 Å². The summed E-state index contributed by atoms with van der Waals surface area (Å²) >= 11 is 0. The Bertz CT molecular complexity index is 1560. The van der Waals surface area contributed by atoms with E-state index in [0.717, 1.165) is 30.4 Å². The highest BCUT2D eigenvalue weighted by molar-refractivity contribution is 5.79. The van der Waals surface area contributed by atoms with Crippen molar-refractivity contribution in [3.05, 3.63) is 69.3 Å². The smallest absolute Gasteiger partial charge is 0.335 e. The molecular weight excluding hydrogens is 488 g/mol. The number of benzene rings is 2. The van der Waals surface area contributed by atoms with Gasteiger partial charge in [0.1, 0.15) is 17.3 Å². The summed E-state index contributed by atoms with van der Waals surface area (Å²) < 4.78 is 8.96. The highest BCUT2D eigenvalue weighted by Crippen LogP contribution is 2.39. The first-order valence-corrected chi connectivity index (χ1v) is 12.3. The molecule has 0 unspecified atom stereocenters. The molecule has 0 amide bonds. The maximum atomic E-state index is 13.4. The molecule has 0 aliphatic heterocycles. The first-order chi connectivity index (χ1) is 18.3. The van der Waals surface area contributed by atoms with Gasteiger partial charge in [-0.2, -0.15) is 4.98 Å². The van der Waals surface area contributed by atoms with Gasteiger partial charge in [0.2, 0.25) is 5.95 Å². The standard InChI is InChI=1S/C26H30N8O4/c1-30(2)13-14-31(3)21-16-23(38-4)18(15-22(21)34(36)37)28-25-27-12-11-24(29-25)33-20-8-6-5-7-19(20)32(26(33)35)17-9-10-17/h5-8,11-12,15-17H,9-10,13-14H2,1-4H3,(H,27,28,29). The van der Waals surface area contributed by atoms with Gasteiger partial charge < -0.3 is 19.9 Å². The van der Waals surface area contributed by atoms with E-state index < -0.39 is 4.92 Å². The number of para-hydroxylation sites is 2. The van der Waals surface area contributed by atoms with Crippen LogP contribution >= 0.6 is 0 Å². The van der Waals surface area contributed by atoms with E-state index in [1.165, 1.54) is 13.2 Å². The first kappa shape index (κ1) is 25.2. The number of rotatable bonds is 10. The van der Waals surface area contributed by atoms with Crippen LogP contribution in [0.2, 0.25) is 0 Å². The van der Waals surface area contributed by atoms with Gasteiger partial charge in [-0.05, 0) is 39.1 Å². The predicted molar refractivity (Wildman–Crippen MR) is 146 cm³/mol. The highest BCUT2D eigenvalue weighted by Gasteiger charge is 2.29. The molecule has 2 aromatic heterocycles. The van der Waals surface area contributed by atoms with Gasteiger partial charge in [0.25, 0.3) is 5.69 Å². The Labute approximate surface area is 219 Å². The molecule has 0 spiro atoms. The van der Waals surface area contributed by atoms with Gasteiger partial charge in [0.15, 0.2) is 0 Å². The molecule has 0 radical (unpaired) electrons. The maximum Gasteiger partial charge on any atom is 0.335 e. The van der Waals surface area contributed by atoms with Gasteiger partial charge >= 0.3 is 5.69 Å². The van der Waals surface area contributed by atoms with Crippen LogP contribution in [-0.4, -0.2) is 70.3 Å². The molecule has 1 fully saturated rings. The van der Waals surface area contributed by atoms with Crippen LogP contribution in [0, 0.1) is 10.1 Å². The Balaban J connectivity index is 1.52. The molecule has 0 bridgehead atoms. The third-order valence-electron chi connectivity index (χ3n) is 6.60. The van der Waals surface area contributed by atoms with Gasteiger partial charge in [-0.25, -0.2) is 14.3 Å². The number of nitro benzene ring substituents is 1. The molecule has 12 nitrogen and oxygen atoms in total. The minimum Gasteiger partial charge on any atom is -0.494 e. The van der Waals surface area contributed by atoms with Crippen molar-refractivity contribution in [3.63, 3.8) is 0 Å². The molecule has 198 valence electrons. The molecule has 1 aliphatic carbocycles. The SMILES string of the molecule is COc1cc(N(C)CCN(C)C)c([N+](=O)[O-])cc1Nc1nccc(-n2c(=O)n(C3CC3)c3ccccc32)n1. The zero-order valence-electron chi connectivity index (χ0n) is 21.8. The number of imidazole rings is 1. The van der Waals surface area contributed by atoms with Crippen LogP contribution in [-0.2, 0) is 0 Å². The first-order valence-electron chi connectivity index (χ1n) is 12.3. The zero-order valence-corrected chi connectivity index (χ0v) is 21.8. The van der Waals surface area contributed by atoms with Gasteiger partial charge in [0.05, 0.1) is 28.8 Å². The van der Waals surface area contributed by atoms with Gasteiger partial charge in [-0.1, -0.05) is 12.1 Å². The molecule has 0 saturated heterocycles. The molecule has 1 saturated carbocycles. The van der Waals surface area contributed by atoms with Crippen LogP contribution in [0.3, 0.4) is 0 Å². The van der Waals surface area contributed by atoms with E-state index in [0.29, 0.717) is 29.5 Å². The largest absolute Gasteiger partial charge is 0.494 e. The van der Waals surface area contributed by atoms with Crippen molar-refractivity contribution >= 4 is 34.0 Å². The number of hydrogen-bond acceptors (Lipinski definition) is 9. The molecule has 1 N–H and O–H groups in total. The van der Waals surface area contributed by atoms with Crippen LogP contribution < -0.4 is 20.6 Å². The fourth-order valence-corrected chi connectivity index (χ4v) is 4.48. The summed E-state index contributed by atoms with van der Waals surface area (Å²) in [6.45, 7) is 1.32. The number of ether oxygens (including phenoxy) is 1. The predicted octanol–water partition coefficient (Wildman–Crippen LogP) is 3.58. The molecule has 1 aliphatic rings. The second kappa shape index (κ2) is 10.1. The fraction of sp³-hybridized carbons (Fsp3) is 0.346. The maximum absolute atomic E-state index is 13.4. The third kappa shape index (κ3) is 4.77. The Kier molecular flexibility index (Phi) is 6.72. The average Bonchev–Trinajstić information content (AvgIpc) is 3.69. The van der Waals surface area contributed by atoms with Crippen LogP contribution in [0.5, 0.6) is 5.75 Å². The summed E-state index contributed by atoms with van der Waals surface area (Å²) in [4.78, 5) is 37.6. The van der Waals surface area contributed by atoms with Crippen molar-refractivity contribution < 1.29 is 9.66 Å². The zero-order chi connectivity index (χ0) is 27.0. The van der Waals surface area contributed by atoms with Gasteiger partial charge in [-0.15, -0.1) is 0 Å². The number of nitro groups is 1. The summed E-state index contributed by atoms with van der Waals surface area (Å²) in [6.07, 6.45) is 3.50. The molecule has 2 heterocycles. The Morgan fingerprint density at radius 1 is 1.13 bits per heavy atom. The van der Waals surface area contributed by atoms with Crippen molar-refractivity contribution in [3.8, 4) is 11.6 Å². The third-order valence-corrected chi connectivity index (χ3v) is 6.60. The van der Waals surface area contributed by atoms with Crippen molar-refractivity contribution in [2.24, 2.45) is 0 Å². The summed E-state index contributed by atoms with van der Waals surface area (Å²) in [5, 5.41) is 15.0. The lowest BCUT2D eigenvalue weighted by Gasteiger charge is -2.22. The molecule has 5 rings (SSSR count). The topological polar surface area (TPSA) is 124 Å². The minimum atomic E-state index is -0.421. The molecule has 2 aromatic carbocycles.